The second-order valence-electron chi connectivity index (χ2n) is 5.98. The van der Waals surface area contributed by atoms with Gasteiger partial charge in [-0.05, 0) is 64.0 Å². The summed E-state index contributed by atoms with van der Waals surface area (Å²) < 4.78 is 5.78. The SMILES string of the molecule is c1ccc(OCCN2CCC(N3CCCC3)CC2)cc1. The van der Waals surface area contributed by atoms with Crippen LogP contribution in [0.25, 0.3) is 0 Å². The molecule has 1 aromatic rings. The first-order chi connectivity index (χ1) is 9.92. The molecule has 1 aromatic carbocycles. The molecule has 2 fully saturated rings. The second kappa shape index (κ2) is 7.09. The minimum Gasteiger partial charge on any atom is -0.492 e. The lowest BCUT2D eigenvalue weighted by molar-refractivity contribution is 0.114. The number of benzene rings is 1. The van der Waals surface area contributed by atoms with E-state index < -0.39 is 0 Å². The molecule has 0 aromatic heterocycles. The number of hydrogen-bond donors (Lipinski definition) is 0. The van der Waals surface area contributed by atoms with E-state index in [1.807, 2.05) is 30.3 Å². The van der Waals surface area contributed by atoms with Crippen LogP contribution in [0.3, 0.4) is 0 Å². The molecule has 0 unspecified atom stereocenters. The van der Waals surface area contributed by atoms with Crippen molar-refractivity contribution < 1.29 is 4.74 Å². The molecule has 2 heterocycles. The molecular formula is C17H26N2O. The highest BCUT2D eigenvalue weighted by atomic mass is 16.5. The van der Waals surface area contributed by atoms with Crippen molar-refractivity contribution in [3.05, 3.63) is 30.3 Å². The molecule has 0 atom stereocenters. The Morgan fingerprint density at radius 1 is 0.950 bits per heavy atom. The highest BCUT2D eigenvalue weighted by molar-refractivity contribution is 5.20. The van der Waals surface area contributed by atoms with Gasteiger partial charge >= 0.3 is 0 Å². The molecule has 3 heteroatoms. The Labute approximate surface area is 122 Å². The van der Waals surface area contributed by atoms with Gasteiger partial charge in [-0.1, -0.05) is 18.2 Å². The second-order valence-corrected chi connectivity index (χ2v) is 5.98. The summed E-state index contributed by atoms with van der Waals surface area (Å²) in [5.74, 6) is 0.986. The van der Waals surface area contributed by atoms with Crippen LogP contribution >= 0.6 is 0 Å². The van der Waals surface area contributed by atoms with Crippen LogP contribution in [-0.4, -0.2) is 55.2 Å². The van der Waals surface area contributed by atoms with Gasteiger partial charge in [0.05, 0.1) is 0 Å². The van der Waals surface area contributed by atoms with Crippen LogP contribution in [0.1, 0.15) is 25.7 Å². The van der Waals surface area contributed by atoms with Gasteiger partial charge in [-0.2, -0.15) is 0 Å². The molecule has 0 saturated carbocycles. The summed E-state index contributed by atoms with van der Waals surface area (Å²) in [6, 6.07) is 11.0. The van der Waals surface area contributed by atoms with Gasteiger partial charge in [0.2, 0.25) is 0 Å². The molecular weight excluding hydrogens is 248 g/mol. The van der Waals surface area contributed by atoms with E-state index in [9.17, 15) is 0 Å². The summed E-state index contributed by atoms with van der Waals surface area (Å²) in [6.45, 7) is 7.00. The first kappa shape index (κ1) is 13.9. The Kier molecular flexibility index (Phi) is 4.93. The van der Waals surface area contributed by atoms with E-state index in [-0.39, 0.29) is 0 Å². The maximum atomic E-state index is 5.78. The predicted octanol–water partition coefficient (Wildman–Crippen LogP) is 2.63. The van der Waals surface area contributed by atoms with Gasteiger partial charge in [0.25, 0.3) is 0 Å². The number of ether oxygens (including phenoxy) is 1. The lowest BCUT2D eigenvalue weighted by atomic mass is 10.0. The van der Waals surface area contributed by atoms with Gasteiger partial charge in [0.1, 0.15) is 12.4 Å². The van der Waals surface area contributed by atoms with Crippen LogP contribution in [0, 0.1) is 0 Å². The zero-order chi connectivity index (χ0) is 13.6. The first-order valence-electron chi connectivity index (χ1n) is 8.06. The highest BCUT2D eigenvalue weighted by Gasteiger charge is 2.25. The minimum absolute atomic E-state index is 0.804. The van der Waals surface area contributed by atoms with Crippen LogP contribution in [0.2, 0.25) is 0 Å². The average molecular weight is 274 g/mol. The summed E-state index contributed by atoms with van der Waals surface area (Å²) in [5.41, 5.74) is 0. The third-order valence-electron chi connectivity index (χ3n) is 4.63. The van der Waals surface area contributed by atoms with Gasteiger partial charge in [-0.15, -0.1) is 0 Å². The average Bonchev–Trinajstić information content (AvgIpc) is 3.03. The molecule has 0 radical (unpaired) electrons. The zero-order valence-corrected chi connectivity index (χ0v) is 12.3. The Hall–Kier alpha value is -1.06. The van der Waals surface area contributed by atoms with Crippen molar-refractivity contribution in [2.24, 2.45) is 0 Å². The van der Waals surface area contributed by atoms with Crippen molar-refractivity contribution in [2.75, 3.05) is 39.3 Å². The fraction of sp³-hybridized carbons (Fsp3) is 0.647. The van der Waals surface area contributed by atoms with E-state index in [2.05, 4.69) is 9.80 Å². The standard InChI is InChI=1S/C17H26N2O/c1-2-6-17(7-3-1)20-15-14-18-12-8-16(9-13-18)19-10-4-5-11-19/h1-3,6-7,16H,4-5,8-15H2. The van der Waals surface area contributed by atoms with Crippen molar-refractivity contribution in [2.45, 2.75) is 31.7 Å². The Balaban J connectivity index is 1.34. The zero-order valence-electron chi connectivity index (χ0n) is 12.3. The monoisotopic (exact) mass is 274 g/mol. The highest BCUT2D eigenvalue weighted by Crippen LogP contribution is 2.20. The summed E-state index contributed by atoms with van der Waals surface area (Å²) in [5, 5.41) is 0. The number of rotatable bonds is 5. The lowest BCUT2D eigenvalue weighted by Crippen LogP contribution is -2.44. The van der Waals surface area contributed by atoms with Crippen LogP contribution in [0.5, 0.6) is 5.75 Å². The van der Waals surface area contributed by atoms with Crippen LogP contribution in [0.4, 0.5) is 0 Å². The molecule has 0 spiro atoms. The lowest BCUT2D eigenvalue weighted by Gasteiger charge is -2.36. The van der Waals surface area contributed by atoms with Gasteiger partial charge < -0.3 is 9.64 Å². The Bertz CT molecular complexity index is 381. The largest absolute Gasteiger partial charge is 0.492 e. The quantitative estimate of drug-likeness (QED) is 0.821. The third kappa shape index (κ3) is 3.74. The normalized spacial score (nSPS) is 22.2. The maximum Gasteiger partial charge on any atom is 0.119 e. The molecule has 0 amide bonds. The van der Waals surface area contributed by atoms with Crippen molar-refractivity contribution in [3.8, 4) is 5.75 Å². The molecule has 0 bridgehead atoms. The van der Waals surface area contributed by atoms with E-state index in [4.69, 9.17) is 4.74 Å². The minimum atomic E-state index is 0.804. The van der Waals surface area contributed by atoms with E-state index in [0.717, 1.165) is 24.9 Å². The summed E-state index contributed by atoms with van der Waals surface area (Å²) in [7, 11) is 0. The van der Waals surface area contributed by atoms with Crippen LogP contribution in [0.15, 0.2) is 30.3 Å². The molecule has 0 N–H and O–H groups in total. The predicted molar refractivity (Wildman–Crippen MR) is 82.2 cm³/mol. The Morgan fingerprint density at radius 3 is 2.35 bits per heavy atom. The smallest absolute Gasteiger partial charge is 0.119 e. The number of likely N-dealkylation sites (tertiary alicyclic amines) is 2. The van der Waals surface area contributed by atoms with Crippen molar-refractivity contribution in [1.29, 1.82) is 0 Å². The molecule has 2 aliphatic rings. The van der Waals surface area contributed by atoms with Gasteiger partial charge in [-0.25, -0.2) is 0 Å². The van der Waals surface area contributed by atoms with Crippen molar-refractivity contribution >= 4 is 0 Å². The van der Waals surface area contributed by atoms with E-state index in [0.29, 0.717) is 0 Å². The summed E-state index contributed by atoms with van der Waals surface area (Å²) >= 11 is 0. The molecule has 3 nitrogen and oxygen atoms in total. The maximum absolute atomic E-state index is 5.78. The molecule has 0 aliphatic carbocycles. The van der Waals surface area contributed by atoms with Crippen molar-refractivity contribution in [1.82, 2.24) is 9.80 Å². The molecule has 2 aliphatic heterocycles. The van der Waals surface area contributed by atoms with Gasteiger partial charge in [-0.3, -0.25) is 4.90 Å². The van der Waals surface area contributed by atoms with E-state index in [1.54, 1.807) is 0 Å². The van der Waals surface area contributed by atoms with Crippen LogP contribution < -0.4 is 4.74 Å². The van der Waals surface area contributed by atoms with Gasteiger partial charge in [0, 0.05) is 12.6 Å². The number of hydrogen-bond acceptors (Lipinski definition) is 3. The molecule has 2 saturated heterocycles. The summed E-state index contributed by atoms with van der Waals surface area (Å²) in [4.78, 5) is 5.26. The number of para-hydroxylation sites is 1. The van der Waals surface area contributed by atoms with Gasteiger partial charge in [0.15, 0.2) is 0 Å². The van der Waals surface area contributed by atoms with Crippen molar-refractivity contribution in [3.63, 3.8) is 0 Å². The fourth-order valence-corrected chi connectivity index (χ4v) is 3.42. The fourth-order valence-electron chi connectivity index (χ4n) is 3.42. The molecule has 20 heavy (non-hydrogen) atoms. The molecule has 3 rings (SSSR count). The first-order valence-corrected chi connectivity index (χ1v) is 8.06. The Morgan fingerprint density at radius 2 is 1.65 bits per heavy atom. The van der Waals surface area contributed by atoms with Crippen LogP contribution in [-0.2, 0) is 0 Å². The van der Waals surface area contributed by atoms with E-state index >= 15 is 0 Å². The summed E-state index contributed by atoms with van der Waals surface area (Å²) in [6.07, 6.45) is 5.49. The number of piperidine rings is 1. The number of nitrogens with zero attached hydrogens (tertiary/aromatic N) is 2. The molecule has 110 valence electrons. The topological polar surface area (TPSA) is 15.7 Å². The van der Waals surface area contributed by atoms with E-state index in [1.165, 1.54) is 51.9 Å². The third-order valence-corrected chi connectivity index (χ3v) is 4.63.